The highest BCUT2D eigenvalue weighted by Gasteiger charge is 2.35. The highest BCUT2D eigenvalue weighted by Crippen LogP contribution is 2.42. The Morgan fingerprint density at radius 2 is 1.58 bits per heavy atom. The van der Waals surface area contributed by atoms with Crippen LogP contribution < -0.4 is 4.74 Å². The van der Waals surface area contributed by atoms with Crippen molar-refractivity contribution in [1.82, 2.24) is 9.80 Å². The van der Waals surface area contributed by atoms with Gasteiger partial charge in [0.2, 0.25) is 0 Å². The molecule has 1 unspecified atom stereocenters. The van der Waals surface area contributed by atoms with Gasteiger partial charge in [-0.25, -0.2) is 9.18 Å². The molecular formula is C33H47FN2O2. The first-order valence-electron chi connectivity index (χ1n) is 14.0. The zero-order chi connectivity index (χ0) is 28.4. The molecule has 38 heavy (non-hydrogen) atoms. The summed E-state index contributed by atoms with van der Waals surface area (Å²) in [6, 6.07) is 11.1. The van der Waals surface area contributed by atoms with E-state index in [0.29, 0.717) is 24.9 Å². The molecule has 0 saturated carbocycles. The Balaban J connectivity index is 1.91. The number of benzene rings is 2. The average Bonchev–Trinajstić information content (AvgIpc) is 2.84. The van der Waals surface area contributed by atoms with E-state index in [-0.39, 0.29) is 28.7 Å². The van der Waals surface area contributed by atoms with Crippen LogP contribution in [0.25, 0.3) is 0 Å². The number of piperazine rings is 1. The number of carbonyl (C=O) groups excluding carboxylic acids is 1. The molecule has 208 valence electrons. The van der Waals surface area contributed by atoms with Crippen molar-refractivity contribution in [2.24, 2.45) is 0 Å². The third kappa shape index (κ3) is 6.68. The van der Waals surface area contributed by atoms with E-state index < -0.39 is 0 Å². The van der Waals surface area contributed by atoms with Crippen molar-refractivity contribution in [2.75, 3.05) is 13.3 Å². The van der Waals surface area contributed by atoms with Gasteiger partial charge in [-0.1, -0.05) is 79.7 Å². The van der Waals surface area contributed by atoms with Crippen LogP contribution in [0.15, 0.2) is 42.1 Å². The Kier molecular flexibility index (Phi) is 9.16. The second-order valence-corrected chi connectivity index (χ2v) is 13.1. The quantitative estimate of drug-likeness (QED) is 0.351. The van der Waals surface area contributed by atoms with Gasteiger partial charge in [0.25, 0.3) is 0 Å². The van der Waals surface area contributed by atoms with Gasteiger partial charge in [-0.3, -0.25) is 4.90 Å². The van der Waals surface area contributed by atoms with Gasteiger partial charge < -0.3 is 9.64 Å². The van der Waals surface area contributed by atoms with Crippen LogP contribution in [0, 0.1) is 5.82 Å². The lowest BCUT2D eigenvalue weighted by Gasteiger charge is -2.45. The molecule has 1 saturated heterocycles. The lowest BCUT2D eigenvalue weighted by Crippen LogP contribution is -2.55. The van der Waals surface area contributed by atoms with E-state index in [9.17, 15) is 9.18 Å². The van der Waals surface area contributed by atoms with Gasteiger partial charge in [0.15, 0.2) is 0 Å². The first-order valence-corrected chi connectivity index (χ1v) is 14.0. The van der Waals surface area contributed by atoms with Crippen LogP contribution in [0.5, 0.6) is 5.75 Å². The van der Waals surface area contributed by atoms with Crippen LogP contribution in [-0.4, -0.2) is 41.1 Å². The van der Waals surface area contributed by atoms with E-state index in [0.717, 1.165) is 24.3 Å². The summed E-state index contributed by atoms with van der Waals surface area (Å²) in [5.74, 6) is 3.39. The molecule has 0 aliphatic carbocycles. The number of halogens is 1. The average molecular weight is 523 g/mol. The Morgan fingerprint density at radius 1 is 1.03 bits per heavy atom. The molecule has 0 N–H and O–H groups in total. The number of rotatable bonds is 7. The summed E-state index contributed by atoms with van der Waals surface area (Å²) in [4.78, 5) is 16.5. The minimum absolute atomic E-state index is 0.0771. The van der Waals surface area contributed by atoms with Crippen molar-refractivity contribution in [1.29, 1.82) is 0 Å². The van der Waals surface area contributed by atoms with Crippen molar-refractivity contribution in [2.45, 2.75) is 111 Å². The third-order valence-electron chi connectivity index (χ3n) is 7.94. The maximum Gasteiger partial charge on any atom is 0.147 e. The Morgan fingerprint density at radius 3 is 2.05 bits per heavy atom. The van der Waals surface area contributed by atoms with E-state index in [1.807, 2.05) is 6.92 Å². The molecule has 1 aliphatic heterocycles. The summed E-state index contributed by atoms with van der Waals surface area (Å²) in [6.07, 6.45) is 1.09. The van der Waals surface area contributed by atoms with Crippen LogP contribution in [0.3, 0.4) is 0 Å². The standard InChI is InChI=1S/C33H47FN2O2/c1-11-22(2)26-16-28(32(5,6)7)31(29(17-26)33(8,9)10)38-21-35-18-23(3)36(30(20-37)24(35)4)19-25-12-14-27(34)15-13-25/h12-17,22-24H,11,18-19,21H2,1-10H3/t22?,23-,24+/m1/s1. The second-order valence-electron chi connectivity index (χ2n) is 13.1. The fourth-order valence-electron chi connectivity index (χ4n) is 5.17. The van der Waals surface area contributed by atoms with E-state index in [1.165, 1.54) is 28.8 Å². The molecule has 4 nitrogen and oxygen atoms in total. The molecule has 0 spiro atoms. The van der Waals surface area contributed by atoms with Crippen LogP contribution in [0.2, 0.25) is 0 Å². The summed E-state index contributed by atoms with van der Waals surface area (Å²) in [7, 11) is 0. The Bertz CT molecular complexity index is 1120. The molecule has 3 rings (SSSR count). The van der Waals surface area contributed by atoms with Crippen LogP contribution >= 0.6 is 0 Å². The van der Waals surface area contributed by atoms with E-state index >= 15 is 0 Å². The van der Waals surface area contributed by atoms with E-state index in [1.54, 1.807) is 12.1 Å². The molecule has 5 heteroatoms. The number of nitrogens with zero attached hydrogens (tertiary/aromatic N) is 2. The zero-order valence-corrected chi connectivity index (χ0v) is 25.1. The smallest absolute Gasteiger partial charge is 0.147 e. The van der Waals surface area contributed by atoms with Gasteiger partial charge in [0.1, 0.15) is 29.9 Å². The van der Waals surface area contributed by atoms with Crippen LogP contribution in [0.1, 0.15) is 104 Å². The van der Waals surface area contributed by atoms with Crippen LogP contribution in [-0.2, 0) is 22.2 Å². The molecule has 2 aromatic carbocycles. The van der Waals surface area contributed by atoms with Crippen molar-refractivity contribution in [3.8, 4) is 5.75 Å². The first-order chi connectivity index (χ1) is 17.7. The fraction of sp³-hybridized carbons (Fsp3) is 0.576. The maximum atomic E-state index is 13.4. The minimum Gasteiger partial charge on any atom is -0.478 e. The second kappa shape index (κ2) is 11.6. The fourth-order valence-corrected chi connectivity index (χ4v) is 5.17. The molecule has 1 heterocycles. The monoisotopic (exact) mass is 522 g/mol. The topological polar surface area (TPSA) is 32.8 Å². The SMILES string of the molecule is CCC(C)c1cc(C(C)(C)C)c(OCN2C[C@@H](C)N(Cc3ccc(F)cc3)C(=C=O)[C@@H]2C)c(C(C)(C)C)c1. The van der Waals surface area contributed by atoms with E-state index in [4.69, 9.17) is 4.74 Å². The van der Waals surface area contributed by atoms with E-state index in [2.05, 4.69) is 90.2 Å². The van der Waals surface area contributed by atoms with Crippen molar-refractivity contribution in [3.63, 3.8) is 0 Å². The van der Waals surface area contributed by atoms with Gasteiger partial charge >= 0.3 is 0 Å². The molecule has 0 amide bonds. The highest BCUT2D eigenvalue weighted by atomic mass is 19.1. The highest BCUT2D eigenvalue weighted by molar-refractivity contribution is 5.54. The lowest BCUT2D eigenvalue weighted by atomic mass is 9.77. The summed E-state index contributed by atoms with van der Waals surface area (Å²) in [5.41, 5.74) is 5.21. The van der Waals surface area contributed by atoms with Crippen molar-refractivity contribution in [3.05, 3.63) is 70.2 Å². The normalized spacial score (nSPS) is 19.9. The molecule has 0 bridgehead atoms. The predicted molar refractivity (Wildman–Crippen MR) is 155 cm³/mol. The lowest BCUT2D eigenvalue weighted by molar-refractivity contribution is 0.0273. The molecule has 0 radical (unpaired) electrons. The third-order valence-corrected chi connectivity index (χ3v) is 7.94. The molecule has 3 atom stereocenters. The molecule has 1 fully saturated rings. The summed E-state index contributed by atoms with van der Waals surface area (Å²) >= 11 is 0. The van der Waals surface area contributed by atoms with Gasteiger partial charge in [0, 0.05) is 30.3 Å². The zero-order valence-electron chi connectivity index (χ0n) is 25.1. The number of hydrogen-bond donors (Lipinski definition) is 0. The van der Waals surface area contributed by atoms with Crippen LogP contribution in [0.4, 0.5) is 4.39 Å². The van der Waals surface area contributed by atoms with Gasteiger partial charge in [-0.2, -0.15) is 0 Å². The molecular weight excluding hydrogens is 475 g/mol. The van der Waals surface area contributed by atoms with Crippen molar-refractivity contribution >= 4 is 5.94 Å². The minimum atomic E-state index is -0.260. The van der Waals surface area contributed by atoms with Gasteiger partial charge in [-0.15, -0.1) is 0 Å². The summed E-state index contributed by atoms with van der Waals surface area (Å²) in [6.45, 7) is 23.8. The Labute approximate surface area is 229 Å². The largest absolute Gasteiger partial charge is 0.478 e. The molecule has 2 aromatic rings. The summed E-state index contributed by atoms with van der Waals surface area (Å²) < 4.78 is 20.1. The maximum absolute atomic E-state index is 13.4. The first kappa shape index (κ1) is 29.9. The molecule has 1 aliphatic rings. The summed E-state index contributed by atoms with van der Waals surface area (Å²) in [5, 5.41) is 0. The number of ether oxygens (including phenoxy) is 1. The molecule has 0 aromatic heterocycles. The van der Waals surface area contributed by atoms with Gasteiger partial charge in [-0.05, 0) is 60.3 Å². The van der Waals surface area contributed by atoms with Gasteiger partial charge in [0.05, 0.1) is 6.04 Å². The predicted octanol–water partition coefficient (Wildman–Crippen LogP) is 7.58. The van der Waals surface area contributed by atoms with Crippen molar-refractivity contribution < 1.29 is 13.9 Å². The number of hydrogen-bond acceptors (Lipinski definition) is 4. The Hall–Kier alpha value is -2.62.